The summed E-state index contributed by atoms with van der Waals surface area (Å²) in [5.74, 6) is -0.00343. The second-order valence-electron chi connectivity index (χ2n) is 8.80. The molecule has 164 valence electrons. The first-order valence-electron chi connectivity index (χ1n) is 10.5. The molecule has 31 heavy (non-hydrogen) atoms. The van der Waals surface area contributed by atoms with E-state index in [4.69, 9.17) is 4.74 Å². The Morgan fingerprint density at radius 3 is 2.65 bits per heavy atom. The first-order valence-corrected chi connectivity index (χ1v) is 11.4. The van der Waals surface area contributed by atoms with E-state index in [1.807, 2.05) is 4.68 Å². The Balaban J connectivity index is 1.60. The van der Waals surface area contributed by atoms with Crippen LogP contribution >= 0.6 is 11.3 Å². The predicted molar refractivity (Wildman–Crippen MR) is 120 cm³/mol. The Morgan fingerprint density at radius 2 is 1.97 bits per heavy atom. The third-order valence-corrected chi connectivity index (χ3v) is 6.26. The largest absolute Gasteiger partial charge is 0.381 e. The summed E-state index contributed by atoms with van der Waals surface area (Å²) in [5.41, 5.74) is 2.67. The third-order valence-electron chi connectivity index (χ3n) is 5.38. The lowest BCUT2D eigenvalue weighted by Gasteiger charge is -2.23. The molecule has 4 rings (SSSR count). The molecule has 1 aliphatic heterocycles. The molecule has 0 bridgehead atoms. The van der Waals surface area contributed by atoms with E-state index in [1.165, 1.54) is 23.5 Å². The number of aromatic nitrogens is 3. The summed E-state index contributed by atoms with van der Waals surface area (Å²) in [6, 6.07) is 6.37. The number of rotatable bonds is 5. The number of hydrogen-bond donors (Lipinski definition) is 1. The van der Waals surface area contributed by atoms with E-state index in [0.717, 1.165) is 42.9 Å². The summed E-state index contributed by atoms with van der Waals surface area (Å²) in [6.45, 7) is 8.34. The van der Waals surface area contributed by atoms with E-state index in [2.05, 4.69) is 36.2 Å². The van der Waals surface area contributed by atoms with Gasteiger partial charge in [0.25, 0.3) is 5.91 Å². The zero-order valence-corrected chi connectivity index (χ0v) is 18.8. The minimum absolute atomic E-state index is 0.166. The van der Waals surface area contributed by atoms with Gasteiger partial charge in [0.15, 0.2) is 0 Å². The van der Waals surface area contributed by atoms with Crippen LogP contribution in [0, 0.1) is 11.7 Å². The van der Waals surface area contributed by atoms with Crippen molar-refractivity contribution in [1.82, 2.24) is 20.1 Å². The first-order chi connectivity index (χ1) is 14.8. The number of amides is 1. The predicted octanol–water partition coefficient (Wildman–Crippen LogP) is 4.72. The Morgan fingerprint density at radius 1 is 1.26 bits per heavy atom. The first kappa shape index (κ1) is 21.6. The molecule has 0 aliphatic carbocycles. The number of halogens is 1. The second kappa shape index (κ2) is 8.88. The lowest BCUT2D eigenvalue weighted by atomic mass is 10.0. The standard InChI is InChI=1S/C23H27FN4O2S/c1-23(2,3)28-20(16-4-6-17(24)7-5-16)18(13-26-28)22-27-19(14-31-22)21(29)25-12-15-8-10-30-11-9-15/h4-7,13-15H,8-12H2,1-3H3,(H,25,29). The Bertz CT molecular complexity index is 1050. The minimum Gasteiger partial charge on any atom is -0.381 e. The monoisotopic (exact) mass is 442 g/mol. The molecule has 2 aromatic heterocycles. The van der Waals surface area contributed by atoms with Gasteiger partial charge in [-0.1, -0.05) is 0 Å². The van der Waals surface area contributed by atoms with Gasteiger partial charge >= 0.3 is 0 Å². The lowest BCUT2D eigenvalue weighted by Crippen LogP contribution is -2.32. The highest BCUT2D eigenvalue weighted by atomic mass is 32.1. The van der Waals surface area contributed by atoms with Crippen molar-refractivity contribution >= 4 is 17.2 Å². The molecule has 0 atom stereocenters. The summed E-state index contributed by atoms with van der Waals surface area (Å²) < 4.78 is 20.8. The minimum atomic E-state index is -0.287. The van der Waals surface area contributed by atoms with Gasteiger partial charge in [0.05, 0.1) is 23.0 Å². The van der Waals surface area contributed by atoms with Gasteiger partial charge in [-0.05, 0) is 63.8 Å². The van der Waals surface area contributed by atoms with Crippen LogP contribution in [0.3, 0.4) is 0 Å². The van der Waals surface area contributed by atoms with Crippen LogP contribution in [0.2, 0.25) is 0 Å². The number of thiazole rings is 1. The molecule has 1 saturated heterocycles. The normalized spacial score (nSPS) is 15.2. The number of carbonyl (C=O) groups excluding carboxylic acids is 1. The smallest absolute Gasteiger partial charge is 0.270 e. The highest BCUT2D eigenvalue weighted by Crippen LogP contribution is 2.36. The molecule has 0 unspecified atom stereocenters. The lowest BCUT2D eigenvalue weighted by molar-refractivity contribution is 0.0642. The van der Waals surface area contributed by atoms with Crippen molar-refractivity contribution in [2.45, 2.75) is 39.2 Å². The van der Waals surface area contributed by atoms with Crippen molar-refractivity contribution in [3.8, 4) is 21.8 Å². The van der Waals surface area contributed by atoms with Crippen LogP contribution in [-0.2, 0) is 10.3 Å². The van der Waals surface area contributed by atoms with Gasteiger partial charge in [0.1, 0.15) is 16.5 Å². The van der Waals surface area contributed by atoms with Crippen LogP contribution in [-0.4, -0.2) is 40.4 Å². The van der Waals surface area contributed by atoms with E-state index in [1.54, 1.807) is 23.7 Å². The molecule has 1 amide bonds. The maximum atomic E-state index is 13.5. The van der Waals surface area contributed by atoms with Crippen molar-refractivity contribution in [2.24, 2.45) is 5.92 Å². The maximum absolute atomic E-state index is 13.5. The average Bonchev–Trinajstić information content (AvgIpc) is 3.40. The zero-order chi connectivity index (χ0) is 22.0. The Hall–Kier alpha value is -2.58. The number of nitrogens with zero attached hydrogens (tertiary/aromatic N) is 3. The molecule has 3 aromatic rings. The number of ether oxygens (including phenoxy) is 1. The van der Waals surface area contributed by atoms with Crippen LogP contribution in [0.4, 0.5) is 4.39 Å². The molecule has 6 nitrogen and oxygen atoms in total. The van der Waals surface area contributed by atoms with Gasteiger partial charge in [0, 0.05) is 30.7 Å². The number of benzene rings is 1. The molecule has 1 aromatic carbocycles. The SMILES string of the molecule is CC(C)(C)n1ncc(-c2nc(C(=O)NCC3CCOCC3)cs2)c1-c1ccc(F)cc1. The molecule has 1 aliphatic rings. The van der Waals surface area contributed by atoms with E-state index in [-0.39, 0.29) is 17.3 Å². The van der Waals surface area contributed by atoms with Crippen LogP contribution in [0.1, 0.15) is 44.1 Å². The van der Waals surface area contributed by atoms with Crippen molar-refractivity contribution in [3.63, 3.8) is 0 Å². The van der Waals surface area contributed by atoms with Gasteiger partial charge in [0.2, 0.25) is 0 Å². The molecule has 0 spiro atoms. The summed E-state index contributed by atoms with van der Waals surface area (Å²) in [4.78, 5) is 17.2. The van der Waals surface area contributed by atoms with Crippen molar-refractivity contribution in [1.29, 1.82) is 0 Å². The van der Waals surface area contributed by atoms with Crippen LogP contribution in [0.5, 0.6) is 0 Å². The molecule has 1 N–H and O–H groups in total. The average molecular weight is 443 g/mol. The number of carbonyl (C=O) groups is 1. The molecular weight excluding hydrogens is 415 g/mol. The van der Waals surface area contributed by atoms with Gasteiger partial charge < -0.3 is 10.1 Å². The second-order valence-corrected chi connectivity index (χ2v) is 9.66. The van der Waals surface area contributed by atoms with E-state index in [9.17, 15) is 9.18 Å². The fraction of sp³-hybridized carbons (Fsp3) is 0.435. The molecule has 0 radical (unpaired) electrons. The van der Waals surface area contributed by atoms with Gasteiger partial charge in [-0.3, -0.25) is 9.48 Å². The summed E-state index contributed by atoms with van der Waals surface area (Å²) in [7, 11) is 0. The summed E-state index contributed by atoms with van der Waals surface area (Å²) in [5, 5.41) is 10.1. The fourth-order valence-electron chi connectivity index (χ4n) is 3.68. The molecule has 8 heteroatoms. The van der Waals surface area contributed by atoms with E-state index >= 15 is 0 Å². The van der Waals surface area contributed by atoms with Gasteiger partial charge in [-0.25, -0.2) is 9.37 Å². The summed E-state index contributed by atoms with van der Waals surface area (Å²) >= 11 is 1.41. The van der Waals surface area contributed by atoms with Crippen molar-refractivity contribution in [2.75, 3.05) is 19.8 Å². The van der Waals surface area contributed by atoms with E-state index in [0.29, 0.717) is 23.2 Å². The number of nitrogens with one attached hydrogen (secondary N) is 1. The van der Waals surface area contributed by atoms with Gasteiger partial charge in [-0.2, -0.15) is 5.10 Å². The Kier molecular flexibility index (Phi) is 6.20. The van der Waals surface area contributed by atoms with E-state index < -0.39 is 0 Å². The quantitative estimate of drug-likeness (QED) is 0.621. The zero-order valence-electron chi connectivity index (χ0n) is 18.0. The molecule has 0 saturated carbocycles. The van der Waals surface area contributed by atoms with Gasteiger partial charge in [-0.15, -0.1) is 11.3 Å². The summed E-state index contributed by atoms with van der Waals surface area (Å²) in [6.07, 6.45) is 3.71. The van der Waals surface area contributed by atoms with Crippen molar-refractivity contribution < 1.29 is 13.9 Å². The maximum Gasteiger partial charge on any atom is 0.270 e. The Labute approximate surface area is 185 Å². The fourth-order valence-corrected chi connectivity index (χ4v) is 4.49. The van der Waals surface area contributed by atoms with Crippen LogP contribution < -0.4 is 5.32 Å². The highest BCUT2D eigenvalue weighted by molar-refractivity contribution is 7.13. The number of hydrogen-bond acceptors (Lipinski definition) is 5. The van der Waals surface area contributed by atoms with Crippen LogP contribution in [0.15, 0.2) is 35.8 Å². The topological polar surface area (TPSA) is 69.0 Å². The molecular formula is C23H27FN4O2S. The van der Waals surface area contributed by atoms with Crippen LogP contribution in [0.25, 0.3) is 21.8 Å². The van der Waals surface area contributed by atoms with Crippen molar-refractivity contribution in [3.05, 3.63) is 47.4 Å². The third kappa shape index (κ3) is 4.85. The molecule has 1 fully saturated rings. The molecule has 3 heterocycles. The highest BCUT2D eigenvalue weighted by Gasteiger charge is 2.25.